The van der Waals surface area contributed by atoms with E-state index in [1.807, 2.05) is 12.1 Å². The second kappa shape index (κ2) is 5.51. The van der Waals surface area contributed by atoms with Crippen molar-refractivity contribution in [3.05, 3.63) is 70.8 Å². The molecule has 3 aromatic rings. The Morgan fingerprint density at radius 2 is 1.91 bits per heavy atom. The van der Waals surface area contributed by atoms with Crippen molar-refractivity contribution in [2.24, 2.45) is 0 Å². The zero-order chi connectivity index (χ0) is 15.8. The van der Waals surface area contributed by atoms with Crippen molar-refractivity contribution in [1.29, 1.82) is 0 Å². The van der Waals surface area contributed by atoms with Gasteiger partial charge in [-0.1, -0.05) is 35.9 Å². The summed E-state index contributed by atoms with van der Waals surface area (Å²) in [4.78, 5) is 18.6. The summed E-state index contributed by atoms with van der Waals surface area (Å²) in [7, 11) is 0. The minimum Gasteiger partial charge on any atom is -0.351 e. The average molecular weight is 302 g/mol. The van der Waals surface area contributed by atoms with Crippen LogP contribution in [0.15, 0.2) is 48.5 Å². The lowest BCUT2D eigenvalue weighted by molar-refractivity contribution is 0.112. The summed E-state index contributed by atoms with van der Waals surface area (Å²) < 4.78 is 0. The molecule has 1 aliphatic heterocycles. The molecule has 1 aliphatic rings. The largest absolute Gasteiger partial charge is 0.351 e. The fourth-order valence-corrected chi connectivity index (χ4v) is 3.32. The monoisotopic (exact) mass is 302 g/mol. The van der Waals surface area contributed by atoms with Crippen molar-refractivity contribution in [1.82, 2.24) is 4.98 Å². The molecule has 0 amide bonds. The summed E-state index contributed by atoms with van der Waals surface area (Å²) in [6.07, 6.45) is 1.91. The Morgan fingerprint density at radius 1 is 1.09 bits per heavy atom. The smallest absolute Gasteiger partial charge is 0.153 e. The Hall–Kier alpha value is -2.68. The van der Waals surface area contributed by atoms with E-state index in [9.17, 15) is 4.79 Å². The molecule has 0 spiro atoms. The quantitative estimate of drug-likeness (QED) is 0.673. The summed E-state index contributed by atoms with van der Waals surface area (Å²) >= 11 is 0. The van der Waals surface area contributed by atoms with Gasteiger partial charge in [0.2, 0.25) is 0 Å². The number of hydrogen-bond acceptors (Lipinski definition) is 3. The first-order valence-electron chi connectivity index (χ1n) is 7.93. The molecule has 0 bridgehead atoms. The van der Waals surface area contributed by atoms with Crippen molar-refractivity contribution in [3.63, 3.8) is 0 Å². The van der Waals surface area contributed by atoms with Gasteiger partial charge in [-0.2, -0.15) is 0 Å². The van der Waals surface area contributed by atoms with Crippen LogP contribution in [-0.4, -0.2) is 17.8 Å². The molecule has 3 nitrogen and oxygen atoms in total. The Kier molecular flexibility index (Phi) is 3.34. The van der Waals surface area contributed by atoms with Gasteiger partial charge in [0.05, 0.1) is 11.1 Å². The normalized spacial score (nSPS) is 13.9. The van der Waals surface area contributed by atoms with E-state index in [4.69, 9.17) is 4.98 Å². The molecule has 0 saturated carbocycles. The third-order valence-corrected chi connectivity index (χ3v) is 4.54. The van der Waals surface area contributed by atoms with Crippen LogP contribution in [0.2, 0.25) is 0 Å². The Labute approximate surface area is 135 Å². The number of rotatable bonds is 2. The van der Waals surface area contributed by atoms with Gasteiger partial charge in [0.1, 0.15) is 5.82 Å². The maximum atomic E-state index is 11.6. The van der Waals surface area contributed by atoms with E-state index < -0.39 is 0 Å². The average Bonchev–Trinajstić information content (AvgIpc) is 2.60. The number of pyridine rings is 1. The number of fused-ring (bicyclic) bond motifs is 2. The summed E-state index contributed by atoms with van der Waals surface area (Å²) in [5, 5.41) is 1.02. The van der Waals surface area contributed by atoms with Gasteiger partial charge in [0.15, 0.2) is 6.29 Å². The molecule has 0 N–H and O–H groups in total. The number of benzene rings is 2. The predicted octanol–water partition coefficient (Wildman–Crippen LogP) is 3.92. The Balaban J connectivity index is 1.79. The van der Waals surface area contributed by atoms with Gasteiger partial charge in [-0.25, -0.2) is 4.98 Å². The molecule has 3 heteroatoms. The van der Waals surface area contributed by atoms with Crippen LogP contribution < -0.4 is 4.90 Å². The third-order valence-electron chi connectivity index (χ3n) is 4.54. The van der Waals surface area contributed by atoms with Crippen LogP contribution in [0, 0.1) is 6.92 Å². The molecule has 0 fully saturated rings. The SMILES string of the molecule is Cc1ccc2nc(N3CCc4ccccc4C3)c(C=O)cc2c1. The van der Waals surface area contributed by atoms with Gasteiger partial charge in [-0.05, 0) is 42.7 Å². The zero-order valence-corrected chi connectivity index (χ0v) is 13.1. The first-order chi connectivity index (χ1) is 11.2. The molecule has 0 atom stereocenters. The summed E-state index contributed by atoms with van der Waals surface area (Å²) in [5.74, 6) is 0.797. The van der Waals surface area contributed by atoms with Gasteiger partial charge in [-0.3, -0.25) is 4.79 Å². The van der Waals surface area contributed by atoms with Gasteiger partial charge in [0, 0.05) is 18.5 Å². The second-order valence-corrected chi connectivity index (χ2v) is 6.16. The number of aldehydes is 1. The highest BCUT2D eigenvalue weighted by molar-refractivity contribution is 5.92. The first-order valence-corrected chi connectivity index (χ1v) is 7.93. The van der Waals surface area contributed by atoms with E-state index in [-0.39, 0.29) is 0 Å². The van der Waals surface area contributed by atoms with Crippen molar-refractivity contribution in [2.45, 2.75) is 19.9 Å². The van der Waals surface area contributed by atoms with E-state index in [1.54, 1.807) is 0 Å². The van der Waals surface area contributed by atoms with E-state index >= 15 is 0 Å². The van der Waals surface area contributed by atoms with Crippen LogP contribution in [0.1, 0.15) is 27.0 Å². The molecule has 2 heterocycles. The van der Waals surface area contributed by atoms with Crippen LogP contribution in [0.4, 0.5) is 5.82 Å². The molecule has 1 aromatic heterocycles. The van der Waals surface area contributed by atoms with E-state index in [0.717, 1.165) is 42.5 Å². The molecular formula is C20H18N2O. The maximum Gasteiger partial charge on any atom is 0.153 e. The minimum absolute atomic E-state index is 0.669. The molecule has 23 heavy (non-hydrogen) atoms. The third kappa shape index (κ3) is 2.48. The van der Waals surface area contributed by atoms with Crippen LogP contribution >= 0.6 is 0 Å². The highest BCUT2D eigenvalue weighted by Crippen LogP contribution is 2.28. The maximum absolute atomic E-state index is 11.6. The summed E-state index contributed by atoms with van der Waals surface area (Å²) in [6, 6.07) is 16.6. The zero-order valence-electron chi connectivity index (χ0n) is 13.1. The number of aromatic nitrogens is 1. The van der Waals surface area contributed by atoms with Crippen molar-refractivity contribution in [2.75, 3.05) is 11.4 Å². The number of hydrogen-bond donors (Lipinski definition) is 0. The van der Waals surface area contributed by atoms with Crippen LogP contribution in [0.5, 0.6) is 0 Å². The van der Waals surface area contributed by atoms with E-state index in [1.165, 1.54) is 16.7 Å². The van der Waals surface area contributed by atoms with Crippen molar-refractivity contribution >= 4 is 23.0 Å². The van der Waals surface area contributed by atoms with Gasteiger partial charge < -0.3 is 4.90 Å². The molecule has 4 rings (SSSR count). The molecular weight excluding hydrogens is 284 g/mol. The first kappa shape index (κ1) is 13.9. The molecule has 2 aromatic carbocycles. The number of carbonyl (C=O) groups excluding carboxylic acids is 1. The fourth-order valence-electron chi connectivity index (χ4n) is 3.32. The van der Waals surface area contributed by atoms with Gasteiger partial charge >= 0.3 is 0 Å². The van der Waals surface area contributed by atoms with Crippen LogP contribution in [0.25, 0.3) is 10.9 Å². The molecule has 0 radical (unpaired) electrons. The fraction of sp³-hybridized carbons (Fsp3) is 0.200. The van der Waals surface area contributed by atoms with Gasteiger partial charge in [-0.15, -0.1) is 0 Å². The van der Waals surface area contributed by atoms with Crippen molar-refractivity contribution < 1.29 is 4.79 Å². The number of nitrogens with zero attached hydrogens (tertiary/aromatic N) is 2. The van der Waals surface area contributed by atoms with Gasteiger partial charge in [0.25, 0.3) is 0 Å². The Morgan fingerprint density at radius 3 is 2.74 bits per heavy atom. The lowest BCUT2D eigenvalue weighted by Crippen LogP contribution is -2.31. The number of anilines is 1. The summed E-state index contributed by atoms with van der Waals surface area (Å²) in [5.41, 5.74) is 5.50. The Bertz CT molecular complexity index is 901. The summed E-state index contributed by atoms with van der Waals surface area (Å²) in [6.45, 7) is 3.75. The highest BCUT2D eigenvalue weighted by atomic mass is 16.1. The number of carbonyl (C=O) groups is 1. The minimum atomic E-state index is 0.669. The van der Waals surface area contributed by atoms with Crippen LogP contribution in [-0.2, 0) is 13.0 Å². The predicted molar refractivity (Wildman–Crippen MR) is 93.1 cm³/mol. The topological polar surface area (TPSA) is 33.2 Å². The lowest BCUT2D eigenvalue weighted by Gasteiger charge is -2.30. The van der Waals surface area contributed by atoms with Crippen LogP contribution in [0.3, 0.4) is 0 Å². The molecule has 114 valence electrons. The molecule has 0 saturated heterocycles. The lowest BCUT2D eigenvalue weighted by atomic mass is 9.99. The molecule has 0 aliphatic carbocycles. The van der Waals surface area contributed by atoms with Crippen molar-refractivity contribution in [3.8, 4) is 0 Å². The van der Waals surface area contributed by atoms with E-state index in [2.05, 4.69) is 48.2 Å². The standard InChI is InChI=1S/C20H18N2O/c1-14-6-7-19-17(10-14)11-18(13-23)20(21-19)22-9-8-15-4-2-3-5-16(15)12-22/h2-7,10-11,13H,8-9,12H2,1H3. The molecule has 0 unspecified atom stereocenters. The number of aryl methyl sites for hydroxylation is 1. The highest BCUT2D eigenvalue weighted by Gasteiger charge is 2.20. The van der Waals surface area contributed by atoms with E-state index in [0.29, 0.717) is 5.56 Å². The second-order valence-electron chi connectivity index (χ2n) is 6.16.